The lowest BCUT2D eigenvalue weighted by Crippen LogP contribution is -2.38. The van der Waals surface area contributed by atoms with Crippen LogP contribution in [0.2, 0.25) is 0 Å². The van der Waals surface area contributed by atoms with Crippen LogP contribution in [0.4, 0.5) is 5.82 Å². The average Bonchev–Trinajstić information content (AvgIpc) is 2.50. The molecule has 5 heteroatoms. The molecule has 0 bridgehead atoms. The van der Waals surface area contributed by atoms with Crippen molar-refractivity contribution in [1.29, 1.82) is 0 Å². The van der Waals surface area contributed by atoms with Gasteiger partial charge in [0.2, 0.25) is 0 Å². The molecule has 1 aliphatic heterocycles. The predicted octanol–water partition coefficient (Wildman–Crippen LogP) is 1.70. The molecular weight excluding hydrogens is 238 g/mol. The van der Waals surface area contributed by atoms with Gasteiger partial charge in [0.1, 0.15) is 5.69 Å². The maximum absolute atomic E-state index is 4.43. The predicted molar refractivity (Wildman–Crippen MR) is 74.8 cm³/mol. The molecule has 0 spiro atoms. The number of nitrogens with one attached hydrogen (secondary N) is 2. The molecule has 3 heterocycles. The first kappa shape index (κ1) is 12.0. The average molecular weight is 255 g/mol. The minimum Gasteiger partial charge on any atom is -0.364 e. The van der Waals surface area contributed by atoms with Gasteiger partial charge < -0.3 is 10.6 Å². The van der Waals surface area contributed by atoms with E-state index >= 15 is 0 Å². The molecule has 0 amide bonds. The van der Waals surface area contributed by atoms with Crippen LogP contribution < -0.4 is 10.6 Å². The summed E-state index contributed by atoms with van der Waals surface area (Å²) in [6.45, 7) is 2.08. The first-order valence-electron chi connectivity index (χ1n) is 6.62. The highest BCUT2D eigenvalue weighted by molar-refractivity contribution is 5.70. The van der Waals surface area contributed by atoms with Crippen LogP contribution in [-0.2, 0) is 0 Å². The van der Waals surface area contributed by atoms with Crippen LogP contribution in [0, 0.1) is 0 Å². The fourth-order valence-electron chi connectivity index (χ4n) is 2.33. The van der Waals surface area contributed by atoms with Gasteiger partial charge >= 0.3 is 0 Å². The van der Waals surface area contributed by atoms with Crippen molar-refractivity contribution < 1.29 is 0 Å². The molecule has 1 aliphatic rings. The van der Waals surface area contributed by atoms with Crippen molar-refractivity contribution in [1.82, 2.24) is 20.3 Å². The Morgan fingerprint density at radius 3 is 2.95 bits per heavy atom. The lowest BCUT2D eigenvalue weighted by atomic mass is 10.1. The molecule has 0 aromatic carbocycles. The molecule has 2 aromatic rings. The van der Waals surface area contributed by atoms with E-state index in [1.807, 2.05) is 18.3 Å². The molecule has 3 rings (SSSR count). The Bertz CT molecular complexity index is 522. The SMILES string of the molecule is c1cncc(-c2nccnc2N[C@H]2CCCNC2)c1. The van der Waals surface area contributed by atoms with Crippen LogP contribution in [0.15, 0.2) is 36.9 Å². The lowest BCUT2D eigenvalue weighted by Gasteiger charge is -2.24. The van der Waals surface area contributed by atoms with Gasteiger partial charge in [0.05, 0.1) is 0 Å². The zero-order valence-corrected chi connectivity index (χ0v) is 10.7. The van der Waals surface area contributed by atoms with Gasteiger partial charge in [-0.05, 0) is 31.5 Å². The Hall–Kier alpha value is -2.01. The molecule has 2 N–H and O–H groups in total. The third kappa shape index (κ3) is 2.88. The minimum absolute atomic E-state index is 0.417. The summed E-state index contributed by atoms with van der Waals surface area (Å²) in [5.74, 6) is 0.837. The third-order valence-corrected chi connectivity index (χ3v) is 3.27. The van der Waals surface area contributed by atoms with E-state index < -0.39 is 0 Å². The summed E-state index contributed by atoms with van der Waals surface area (Å²) in [5, 5.41) is 6.88. The number of rotatable bonds is 3. The fraction of sp³-hybridized carbons (Fsp3) is 0.357. The standard InChI is InChI=1S/C14H17N5/c1-3-11(9-15-5-1)13-14(18-8-7-17-13)19-12-4-2-6-16-10-12/h1,3,5,7-9,12,16H,2,4,6,10H2,(H,18,19)/t12-/m0/s1. The first-order valence-corrected chi connectivity index (χ1v) is 6.62. The second-order valence-electron chi connectivity index (χ2n) is 4.68. The molecule has 19 heavy (non-hydrogen) atoms. The molecule has 0 saturated carbocycles. The monoisotopic (exact) mass is 255 g/mol. The topological polar surface area (TPSA) is 62.7 Å². The van der Waals surface area contributed by atoms with E-state index in [-0.39, 0.29) is 0 Å². The van der Waals surface area contributed by atoms with E-state index in [4.69, 9.17) is 0 Å². The molecule has 0 radical (unpaired) electrons. The third-order valence-electron chi connectivity index (χ3n) is 3.27. The quantitative estimate of drug-likeness (QED) is 0.874. The number of pyridine rings is 1. The largest absolute Gasteiger partial charge is 0.364 e. The number of hydrogen-bond acceptors (Lipinski definition) is 5. The summed E-state index contributed by atoms with van der Waals surface area (Å²) in [6, 6.07) is 4.33. The van der Waals surface area contributed by atoms with Crippen molar-refractivity contribution in [2.24, 2.45) is 0 Å². The van der Waals surface area contributed by atoms with Crippen molar-refractivity contribution >= 4 is 5.82 Å². The van der Waals surface area contributed by atoms with Crippen LogP contribution >= 0.6 is 0 Å². The first-order chi connectivity index (χ1) is 9.43. The van der Waals surface area contributed by atoms with Gasteiger partial charge in [0, 0.05) is 42.9 Å². The van der Waals surface area contributed by atoms with Gasteiger partial charge in [-0.3, -0.25) is 9.97 Å². The Morgan fingerprint density at radius 2 is 2.16 bits per heavy atom. The summed E-state index contributed by atoms with van der Waals surface area (Å²) in [6.07, 6.45) is 9.37. The molecular formula is C14H17N5. The normalized spacial score (nSPS) is 19.1. The van der Waals surface area contributed by atoms with E-state index in [2.05, 4.69) is 25.6 Å². The molecule has 1 atom stereocenters. The highest BCUT2D eigenvalue weighted by Crippen LogP contribution is 2.23. The van der Waals surface area contributed by atoms with Crippen LogP contribution in [0.1, 0.15) is 12.8 Å². The minimum atomic E-state index is 0.417. The number of anilines is 1. The summed E-state index contributed by atoms with van der Waals surface area (Å²) in [4.78, 5) is 13.0. The van der Waals surface area contributed by atoms with Gasteiger partial charge in [-0.2, -0.15) is 0 Å². The van der Waals surface area contributed by atoms with Crippen molar-refractivity contribution in [3.8, 4) is 11.3 Å². The smallest absolute Gasteiger partial charge is 0.152 e. The van der Waals surface area contributed by atoms with Gasteiger partial charge in [-0.25, -0.2) is 4.98 Å². The van der Waals surface area contributed by atoms with Gasteiger partial charge in [0.15, 0.2) is 5.82 Å². The Morgan fingerprint density at radius 1 is 1.21 bits per heavy atom. The number of aromatic nitrogens is 3. The van der Waals surface area contributed by atoms with Crippen LogP contribution in [0.25, 0.3) is 11.3 Å². The van der Waals surface area contributed by atoms with Crippen molar-refractivity contribution in [3.63, 3.8) is 0 Å². The summed E-state index contributed by atoms with van der Waals surface area (Å²) < 4.78 is 0. The Kier molecular flexibility index (Phi) is 3.65. The summed E-state index contributed by atoms with van der Waals surface area (Å²) in [5.41, 5.74) is 1.85. The fourth-order valence-corrected chi connectivity index (χ4v) is 2.33. The zero-order chi connectivity index (χ0) is 12.9. The number of nitrogens with zero attached hydrogens (tertiary/aromatic N) is 3. The second kappa shape index (κ2) is 5.75. The van der Waals surface area contributed by atoms with Gasteiger partial charge in [0.25, 0.3) is 0 Å². The van der Waals surface area contributed by atoms with E-state index in [0.717, 1.165) is 36.6 Å². The molecule has 5 nitrogen and oxygen atoms in total. The summed E-state index contributed by atoms with van der Waals surface area (Å²) >= 11 is 0. The molecule has 2 aromatic heterocycles. The zero-order valence-electron chi connectivity index (χ0n) is 10.7. The van der Waals surface area contributed by atoms with Crippen molar-refractivity contribution in [2.75, 3.05) is 18.4 Å². The van der Waals surface area contributed by atoms with E-state index in [9.17, 15) is 0 Å². The number of piperidine rings is 1. The molecule has 0 unspecified atom stereocenters. The van der Waals surface area contributed by atoms with Crippen molar-refractivity contribution in [2.45, 2.75) is 18.9 Å². The van der Waals surface area contributed by atoms with Crippen molar-refractivity contribution in [3.05, 3.63) is 36.9 Å². The Labute approximate surface area is 112 Å². The van der Waals surface area contributed by atoms with Crippen LogP contribution in [0.3, 0.4) is 0 Å². The maximum atomic E-state index is 4.43. The van der Waals surface area contributed by atoms with Gasteiger partial charge in [-0.15, -0.1) is 0 Å². The van der Waals surface area contributed by atoms with E-state index in [1.54, 1.807) is 18.6 Å². The molecule has 1 saturated heterocycles. The second-order valence-corrected chi connectivity index (χ2v) is 4.68. The summed E-state index contributed by atoms with van der Waals surface area (Å²) in [7, 11) is 0. The van der Waals surface area contributed by atoms with E-state index in [0.29, 0.717) is 6.04 Å². The lowest BCUT2D eigenvalue weighted by molar-refractivity contribution is 0.479. The molecule has 98 valence electrons. The molecule has 1 fully saturated rings. The number of hydrogen-bond donors (Lipinski definition) is 2. The van der Waals surface area contributed by atoms with E-state index in [1.165, 1.54) is 6.42 Å². The highest BCUT2D eigenvalue weighted by atomic mass is 15.1. The van der Waals surface area contributed by atoms with Crippen LogP contribution in [-0.4, -0.2) is 34.1 Å². The van der Waals surface area contributed by atoms with Crippen LogP contribution in [0.5, 0.6) is 0 Å². The molecule has 0 aliphatic carbocycles. The Balaban J connectivity index is 1.85. The maximum Gasteiger partial charge on any atom is 0.152 e. The van der Waals surface area contributed by atoms with Gasteiger partial charge in [-0.1, -0.05) is 0 Å². The highest BCUT2D eigenvalue weighted by Gasteiger charge is 2.15.